The van der Waals surface area contributed by atoms with E-state index in [4.69, 9.17) is 0 Å². The highest BCUT2D eigenvalue weighted by molar-refractivity contribution is 6.34. The summed E-state index contributed by atoms with van der Waals surface area (Å²) < 4.78 is 0. The van der Waals surface area contributed by atoms with Gasteiger partial charge in [0.25, 0.3) is 0 Å². The summed E-state index contributed by atoms with van der Waals surface area (Å²) in [6.45, 7) is 0.481. The number of nitrogens with one attached hydrogen (secondary N) is 1. The molecular weight excluding hydrogens is 274 g/mol. The van der Waals surface area contributed by atoms with Crippen LogP contribution in [0.15, 0.2) is 18.2 Å². The number of tetrazole rings is 1. The number of nitrogens with zero attached hydrogens (tertiary/aromatic N) is 4. The fraction of sp³-hybridized carbons (Fsp3) is 0.231. The zero-order valence-electron chi connectivity index (χ0n) is 10.7. The van der Waals surface area contributed by atoms with E-state index in [1.807, 2.05) is 6.07 Å². The van der Waals surface area contributed by atoms with Crippen molar-refractivity contribution in [1.29, 1.82) is 0 Å². The van der Waals surface area contributed by atoms with E-state index >= 15 is 0 Å². The Morgan fingerprint density at radius 2 is 2.19 bits per heavy atom. The van der Waals surface area contributed by atoms with Crippen molar-refractivity contribution < 1.29 is 14.4 Å². The van der Waals surface area contributed by atoms with Crippen molar-refractivity contribution in [1.82, 2.24) is 20.6 Å². The Balaban J connectivity index is 1.84. The highest BCUT2D eigenvalue weighted by Gasteiger charge is 2.47. The van der Waals surface area contributed by atoms with E-state index in [2.05, 4.69) is 20.6 Å². The maximum absolute atomic E-state index is 12.5. The summed E-state index contributed by atoms with van der Waals surface area (Å²) in [7, 11) is 0. The lowest BCUT2D eigenvalue weighted by Gasteiger charge is -2.28. The molecule has 0 saturated heterocycles. The lowest BCUT2D eigenvalue weighted by Crippen LogP contribution is -2.47. The van der Waals surface area contributed by atoms with Crippen molar-refractivity contribution in [3.05, 3.63) is 35.2 Å². The molecule has 1 atom stereocenters. The Kier molecular flexibility index (Phi) is 2.29. The first-order valence-electron chi connectivity index (χ1n) is 6.43. The standard InChI is InChI=1S/C13H9N5O3/c19-10-7-3-1-2-6-4-5-18(9(6)7)13(21)8(10)11(20)12-14-16-17-15-12/h1-3,8H,4-5H2,(H,14,15,16,17). The maximum atomic E-state index is 12.5. The van der Waals surface area contributed by atoms with Crippen LogP contribution in [0, 0.1) is 5.92 Å². The molecule has 1 N–H and O–H groups in total. The summed E-state index contributed by atoms with van der Waals surface area (Å²) in [5, 5.41) is 12.6. The van der Waals surface area contributed by atoms with Gasteiger partial charge in [0.05, 0.1) is 5.69 Å². The molecule has 0 bridgehead atoms. The number of carbonyl (C=O) groups excluding carboxylic acids is 3. The minimum Gasteiger partial charge on any atom is -0.310 e. The second kappa shape index (κ2) is 4.05. The Bertz CT molecular complexity index is 783. The molecule has 0 fully saturated rings. The molecule has 0 spiro atoms. The summed E-state index contributed by atoms with van der Waals surface area (Å²) in [5.41, 5.74) is 2.01. The summed E-state index contributed by atoms with van der Waals surface area (Å²) >= 11 is 0. The van der Waals surface area contributed by atoms with Crippen LogP contribution >= 0.6 is 0 Å². The van der Waals surface area contributed by atoms with Gasteiger partial charge in [-0.05, 0) is 23.3 Å². The molecule has 8 heteroatoms. The number of benzene rings is 1. The number of amides is 1. The van der Waals surface area contributed by atoms with Crippen molar-refractivity contribution in [2.45, 2.75) is 6.42 Å². The van der Waals surface area contributed by atoms with Gasteiger partial charge in [-0.15, -0.1) is 10.2 Å². The SMILES string of the molecule is O=C(c1nn[nH]n1)C1C(=O)c2cccc3c2N(CC3)C1=O. The van der Waals surface area contributed by atoms with Crippen LogP contribution in [0.4, 0.5) is 5.69 Å². The lowest BCUT2D eigenvalue weighted by molar-refractivity contribution is -0.120. The number of aromatic nitrogens is 4. The first kappa shape index (κ1) is 11.9. The van der Waals surface area contributed by atoms with E-state index in [1.165, 1.54) is 4.90 Å². The zero-order valence-corrected chi connectivity index (χ0v) is 10.7. The number of hydrogen-bond donors (Lipinski definition) is 1. The molecule has 2 aliphatic heterocycles. The van der Waals surface area contributed by atoms with Gasteiger partial charge in [0.2, 0.25) is 17.5 Å². The molecule has 4 rings (SSSR count). The largest absolute Gasteiger partial charge is 0.310 e. The summed E-state index contributed by atoms with van der Waals surface area (Å²) in [4.78, 5) is 38.9. The van der Waals surface area contributed by atoms with Crippen LogP contribution in [0.2, 0.25) is 0 Å². The van der Waals surface area contributed by atoms with E-state index in [9.17, 15) is 14.4 Å². The fourth-order valence-electron chi connectivity index (χ4n) is 2.93. The van der Waals surface area contributed by atoms with Gasteiger partial charge in [-0.1, -0.05) is 12.1 Å². The van der Waals surface area contributed by atoms with Crippen LogP contribution in [0.1, 0.15) is 26.5 Å². The molecule has 0 radical (unpaired) electrons. The predicted octanol–water partition coefficient (Wildman–Crippen LogP) is -0.216. The van der Waals surface area contributed by atoms with E-state index in [0.29, 0.717) is 24.2 Å². The molecule has 8 nitrogen and oxygen atoms in total. The van der Waals surface area contributed by atoms with Crippen LogP contribution in [0.3, 0.4) is 0 Å². The summed E-state index contributed by atoms with van der Waals surface area (Å²) in [5.74, 6) is -3.39. The maximum Gasteiger partial charge on any atom is 0.246 e. The van der Waals surface area contributed by atoms with Gasteiger partial charge in [0, 0.05) is 12.1 Å². The quantitative estimate of drug-likeness (QED) is 0.603. The van der Waals surface area contributed by atoms with Gasteiger partial charge in [-0.25, -0.2) is 0 Å². The number of rotatable bonds is 2. The Morgan fingerprint density at radius 1 is 1.33 bits per heavy atom. The van der Waals surface area contributed by atoms with Crippen molar-refractivity contribution >= 4 is 23.2 Å². The van der Waals surface area contributed by atoms with Gasteiger partial charge in [-0.2, -0.15) is 5.21 Å². The fourth-order valence-corrected chi connectivity index (χ4v) is 2.93. The van der Waals surface area contributed by atoms with Gasteiger partial charge in [0.15, 0.2) is 11.7 Å². The van der Waals surface area contributed by atoms with Crippen molar-refractivity contribution in [3.63, 3.8) is 0 Å². The number of Topliss-reactive ketones (excluding diaryl/α,β-unsaturated/α-hetero) is 2. The predicted molar refractivity (Wildman–Crippen MR) is 68.8 cm³/mol. The highest BCUT2D eigenvalue weighted by atomic mass is 16.2. The van der Waals surface area contributed by atoms with Crippen LogP contribution in [0.5, 0.6) is 0 Å². The minimum absolute atomic E-state index is 0.250. The Morgan fingerprint density at radius 3 is 2.95 bits per heavy atom. The zero-order chi connectivity index (χ0) is 14.6. The van der Waals surface area contributed by atoms with Crippen molar-refractivity contribution in [3.8, 4) is 0 Å². The molecule has 1 aromatic heterocycles. The van der Waals surface area contributed by atoms with Crippen molar-refractivity contribution in [2.24, 2.45) is 5.92 Å². The smallest absolute Gasteiger partial charge is 0.246 e. The van der Waals surface area contributed by atoms with E-state index < -0.39 is 23.4 Å². The molecule has 1 amide bonds. The van der Waals surface area contributed by atoms with E-state index in [0.717, 1.165) is 5.56 Å². The lowest BCUT2D eigenvalue weighted by atomic mass is 9.87. The Labute approximate surface area is 118 Å². The molecule has 3 heterocycles. The second-order valence-electron chi connectivity index (χ2n) is 4.95. The first-order valence-corrected chi connectivity index (χ1v) is 6.43. The van der Waals surface area contributed by atoms with Crippen LogP contribution in [-0.2, 0) is 11.2 Å². The molecule has 104 valence electrons. The number of anilines is 1. The highest BCUT2D eigenvalue weighted by Crippen LogP contribution is 2.38. The topological polar surface area (TPSA) is 109 Å². The third-order valence-corrected chi connectivity index (χ3v) is 3.86. The number of ketones is 2. The monoisotopic (exact) mass is 283 g/mol. The first-order chi connectivity index (χ1) is 10.2. The third-order valence-electron chi connectivity index (χ3n) is 3.86. The van der Waals surface area contributed by atoms with Gasteiger partial charge >= 0.3 is 0 Å². The molecule has 21 heavy (non-hydrogen) atoms. The Hall–Kier alpha value is -2.90. The summed E-state index contributed by atoms with van der Waals surface area (Å²) in [6.07, 6.45) is 0.686. The van der Waals surface area contributed by atoms with Crippen LogP contribution in [0.25, 0.3) is 0 Å². The average Bonchev–Trinajstić information content (AvgIpc) is 3.15. The molecule has 1 aromatic carbocycles. The number of hydrogen-bond acceptors (Lipinski definition) is 6. The van der Waals surface area contributed by atoms with E-state index in [-0.39, 0.29) is 5.82 Å². The third kappa shape index (κ3) is 1.49. The average molecular weight is 283 g/mol. The number of H-pyrrole nitrogens is 1. The van der Waals surface area contributed by atoms with Gasteiger partial charge < -0.3 is 4.90 Å². The van der Waals surface area contributed by atoms with Gasteiger partial charge in [-0.3, -0.25) is 14.4 Å². The van der Waals surface area contributed by atoms with Crippen LogP contribution < -0.4 is 4.90 Å². The molecule has 0 aliphatic carbocycles. The molecule has 0 saturated carbocycles. The number of para-hydroxylation sites is 1. The van der Waals surface area contributed by atoms with Crippen molar-refractivity contribution in [2.75, 3.05) is 11.4 Å². The normalized spacial score (nSPS) is 19.8. The summed E-state index contributed by atoms with van der Waals surface area (Å²) in [6, 6.07) is 5.30. The second-order valence-corrected chi connectivity index (χ2v) is 4.95. The van der Waals surface area contributed by atoms with Crippen LogP contribution in [-0.4, -0.2) is 44.6 Å². The molecular formula is C13H9N5O3. The molecule has 2 aromatic rings. The van der Waals surface area contributed by atoms with Gasteiger partial charge in [0.1, 0.15) is 0 Å². The molecule has 1 unspecified atom stereocenters. The minimum atomic E-state index is -1.41. The molecule has 2 aliphatic rings. The number of aromatic amines is 1. The van der Waals surface area contributed by atoms with E-state index in [1.54, 1.807) is 12.1 Å². The number of carbonyl (C=O) groups is 3.